The number of piperidine rings is 2. The lowest BCUT2D eigenvalue weighted by Gasteiger charge is -2.34. The quantitative estimate of drug-likeness (QED) is 0.119. The number of alkyl halides is 1. The van der Waals surface area contributed by atoms with Crippen LogP contribution in [0.1, 0.15) is 132 Å². The van der Waals surface area contributed by atoms with Crippen molar-refractivity contribution >= 4 is 73.8 Å². The first-order valence-electron chi connectivity index (χ1n) is 24.2. The second-order valence-corrected chi connectivity index (χ2v) is 20.9. The summed E-state index contributed by atoms with van der Waals surface area (Å²) < 4.78 is 13.2. The second kappa shape index (κ2) is 21.2. The SMILES string of the molecule is CC(C)(C)OC(=O)N1CCCC(c2nc3ccccc3[nH]2)C1.CC(C)(C)OC(=O)N1CCCC(c2nc3ccccc3n2CCN2C(=O)c3ccccc3C2=O)C1.O=C1c2ccccc2C(=O)N1CCBr. The maximum absolute atomic E-state index is 12.9. The van der Waals surface area contributed by atoms with Gasteiger partial charge < -0.3 is 28.8 Å². The van der Waals surface area contributed by atoms with E-state index in [-0.39, 0.29) is 54.2 Å². The molecule has 10 rings (SSSR count). The van der Waals surface area contributed by atoms with Crippen molar-refractivity contribution in [3.63, 3.8) is 0 Å². The molecular weight excluding hydrogens is 969 g/mol. The van der Waals surface area contributed by atoms with Crippen LogP contribution in [0.2, 0.25) is 0 Å². The minimum Gasteiger partial charge on any atom is -0.444 e. The maximum atomic E-state index is 12.9. The monoisotopic (exact) mass is 1030 g/mol. The van der Waals surface area contributed by atoms with Gasteiger partial charge >= 0.3 is 12.2 Å². The number of halogens is 1. The lowest BCUT2D eigenvalue weighted by molar-refractivity contribution is 0.0185. The zero-order valence-corrected chi connectivity index (χ0v) is 42.7. The number of imide groups is 2. The number of aromatic nitrogens is 4. The van der Waals surface area contributed by atoms with Gasteiger partial charge in [-0.1, -0.05) is 64.5 Å². The molecule has 0 spiro atoms. The van der Waals surface area contributed by atoms with E-state index in [1.165, 1.54) is 9.80 Å². The Hall–Kier alpha value is -6.88. The highest BCUT2D eigenvalue weighted by molar-refractivity contribution is 9.09. The first-order valence-corrected chi connectivity index (χ1v) is 25.3. The van der Waals surface area contributed by atoms with Crippen molar-refractivity contribution in [3.8, 4) is 0 Å². The molecule has 4 aliphatic rings. The van der Waals surface area contributed by atoms with E-state index in [1.54, 1.807) is 58.3 Å². The Morgan fingerprint density at radius 3 is 1.55 bits per heavy atom. The number of H-pyrrole nitrogens is 1. The maximum Gasteiger partial charge on any atom is 0.410 e. The number of carbonyl (C=O) groups is 6. The molecule has 2 fully saturated rings. The molecule has 0 radical (unpaired) electrons. The summed E-state index contributed by atoms with van der Waals surface area (Å²) >= 11 is 3.21. The highest BCUT2D eigenvalue weighted by Gasteiger charge is 2.37. The van der Waals surface area contributed by atoms with Crippen LogP contribution in [-0.2, 0) is 16.0 Å². The minimum absolute atomic E-state index is 0.0332. The van der Waals surface area contributed by atoms with E-state index in [1.807, 2.05) is 90.1 Å². The van der Waals surface area contributed by atoms with Crippen molar-refractivity contribution < 1.29 is 38.2 Å². The van der Waals surface area contributed by atoms with Gasteiger partial charge in [0.05, 0.1) is 44.3 Å². The van der Waals surface area contributed by atoms with Crippen LogP contribution in [-0.4, -0.2) is 131 Å². The summed E-state index contributed by atoms with van der Waals surface area (Å²) in [6.07, 6.45) is 3.23. The Morgan fingerprint density at radius 1 is 0.592 bits per heavy atom. The van der Waals surface area contributed by atoms with Gasteiger partial charge in [-0.3, -0.25) is 29.0 Å². The predicted molar refractivity (Wildman–Crippen MR) is 273 cm³/mol. The Bertz CT molecular complexity index is 2870. The summed E-state index contributed by atoms with van der Waals surface area (Å²) in [5, 5.41) is 0.610. The lowest BCUT2D eigenvalue weighted by atomic mass is 9.97. The van der Waals surface area contributed by atoms with Gasteiger partial charge in [-0.25, -0.2) is 19.6 Å². The molecule has 2 atom stereocenters. The molecule has 372 valence electrons. The topological polar surface area (TPSA) is 180 Å². The number of likely N-dealkylation sites (tertiary alicyclic amines) is 2. The Labute approximate surface area is 421 Å². The Kier molecular flexibility index (Phi) is 15.1. The lowest BCUT2D eigenvalue weighted by Crippen LogP contribution is -2.42. The van der Waals surface area contributed by atoms with Gasteiger partial charge in [0.25, 0.3) is 23.6 Å². The number of nitrogens with zero attached hydrogens (tertiary/aromatic N) is 7. The molecule has 1 N–H and O–H groups in total. The minimum atomic E-state index is -0.552. The fraction of sp³-hybridized carbons (Fsp3) is 0.407. The van der Waals surface area contributed by atoms with E-state index in [9.17, 15) is 28.8 Å². The smallest absolute Gasteiger partial charge is 0.410 e. The van der Waals surface area contributed by atoms with Crippen LogP contribution in [0, 0.1) is 0 Å². The van der Waals surface area contributed by atoms with Crippen LogP contribution in [0.5, 0.6) is 0 Å². The number of nitrogens with one attached hydrogen (secondary N) is 1. The van der Waals surface area contributed by atoms with Gasteiger partial charge in [-0.15, -0.1) is 0 Å². The number of hydrogen-bond acceptors (Lipinski definition) is 10. The van der Waals surface area contributed by atoms with Crippen molar-refractivity contribution in [1.82, 2.24) is 39.1 Å². The third-order valence-electron chi connectivity index (χ3n) is 12.6. The number of amides is 6. The summed E-state index contributed by atoms with van der Waals surface area (Å²) in [5.41, 5.74) is 4.76. The van der Waals surface area contributed by atoms with E-state index < -0.39 is 11.2 Å². The molecule has 2 saturated heterocycles. The summed E-state index contributed by atoms with van der Waals surface area (Å²) in [7, 11) is 0. The highest BCUT2D eigenvalue weighted by atomic mass is 79.9. The zero-order chi connectivity index (χ0) is 50.6. The van der Waals surface area contributed by atoms with E-state index in [0.29, 0.717) is 60.3 Å². The predicted octanol–water partition coefficient (Wildman–Crippen LogP) is 9.80. The molecule has 6 aromatic rings. The third-order valence-corrected chi connectivity index (χ3v) is 13.0. The van der Waals surface area contributed by atoms with Crippen LogP contribution >= 0.6 is 15.9 Å². The fourth-order valence-electron chi connectivity index (χ4n) is 9.35. The van der Waals surface area contributed by atoms with Crippen molar-refractivity contribution in [2.24, 2.45) is 0 Å². The number of ether oxygens (including phenoxy) is 2. The van der Waals surface area contributed by atoms with E-state index in [4.69, 9.17) is 14.5 Å². The molecule has 0 aliphatic carbocycles. The number of imidazole rings is 2. The van der Waals surface area contributed by atoms with Crippen LogP contribution in [0.3, 0.4) is 0 Å². The number of hydrogen-bond donors (Lipinski definition) is 1. The molecule has 17 heteroatoms. The van der Waals surface area contributed by atoms with Crippen molar-refractivity contribution in [2.45, 2.75) is 96.8 Å². The Morgan fingerprint density at radius 2 is 1.04 bits per heavy atom. The summed E-state index contributed by atoms with van der Waals surface area (Å²) in [6, 6.07) is 29.7. The van der Waals surface area contributed by atoms with E-state index in [2.05, 4.69) is 30.5 Å². The van der Waals surface area contributed by atoms with Gasteiger partial charge in [0.2, 0.25) is 0 Å². The normalized spacial score (nSPS) is 18.0. The molecule has 6 heterocycles. The van der Waals surface area contributed by atoms with Crippen LogP contribution in [0.4, 0.5) is 9.59 Å². The van der Waals surface area contributed by atoms with Gasteiger partial charge in [-0.05, 0) is 116 Å². The molecule has 0 saturated carbocycles. The van der Waals surface area contributed by atoms with Crippen molar-refractivity contribution in [2.75, 3.05) is 44.6 Å². The molecule has 0 bridgehead atoms. The summed E-state index contributed by atoms with van der Waals surface area (Å²) in [5.74, 6) is 1.22. The fourth-order valence-corrected chi connectivity index (χ4v) is 9.70. The molecule has 71 heavy (non-hydrogen) atoms. The third kappa shape index (κ3) is 11.5. The average molecular weight is 1030 g/mol. The average Bonchev–Trinajstić information content (AvgIpc) is 4.08. The van der Waals surface area contributed by atoms with Gasteiger partial charge in [-0.2, -0.15) is 0 Å². The largest absolute Gasteiger partial charge is 0.444 e. The first kappa shape index (κ1) is 50.5. The summed E-state index contributed by atoms with van der Waals surface area (Å²) in [6.45, 7) is 15.0. The molecular formula is C54H61BrN8O8. The van der Waals surface area contributed by atoms with Crippen LogP contribution < -0.4 is 0 Å². The first-order chi connectivity index (χ1) is 33.9. The molecule has 6 amide bonds. The molecule has 16 nitrogen and oxygen atoms in total. The number of para-hydroxylation sites is 4. The molecule has 4 aromatic carbocycles. The van der Waals surface area contributed by atoms with Crippen molar-refractivity contribution in [3.05, 3.63) is 131 Å². The Balaban J connectivity index is 0.000000159. The zero-order valence-electron chi connectivity index (χ0n) is 41.2. The van der Waals surface area contributed by atoms with E-state index in [0.717, 1.165) is 65.9 Å². The van der Waals surface area contributed by atoms with E-state index >= 15 is 0 Å². The second-order valence-electron chi connectivity index (χ2n) is 20.1. The number of carbonyl (C=O) groups excluding carboxylic acids is 6. The van der Waals surface area contributed by atoms with Crippen molar-refractivity contribution in [1.29, 1.82) is 0 Å². The molecule has 2 unspecified atom stereocenters. The molecule has 4 aliphatic heterocycles. The van der Waals surface area contributed by atoms with Crippen LogP contribution in [0.15, 0.2) is 97.1 Å². The molecule has 2 aromatic heterocycles. The number of aromatic amines is 1. The van der Waals surface area contributed by atoms with Gasteiger partial charge in [0.1, 0.15) is 22.9 Å². The van der Waals surface area contributed by atoms with Crippen LogP contribution in [0.25, 0.3) is 22.1 Å². The number of benzene rings is 4. The number of rotatable bonds is 7. The number of fused-ring (bicyclic) bond motifs is 4. The van der Waals surface area contributed by atoms with Gasteiger partial charge in [0.15, 0.2) is 0 Å². The highest BCUT2D eigenvalue weighted by Crippen LogP contribution is 2.32. The summed E-state index contributed by atoms with van der Waals surface area (Å²) in [4.78, 5) is 93.2. The standard InChI is InChI=1S/C27H30N4O4.C17H23N3O2.C10H8BrNO2/c1-27(2,3)35-26(34)29-14-8-9-18(17-29)23-28-21-12-6-7-13-22(21)30(23)15-16-31-24(32)19-10-4-5-11-20(19)25(31)33;1-17(2,3)22-16(21)20-10-6-7-12(11-20)15-18-13-8-4-5-9-14(13)19-15;11-5-6-12-9(13)7-3-1-2-4-8(7)10(12)14/h4-7,10-13,18H,8-9,14-17H2,1-3H3;4-5,8-9,12H,6-7,10-11H2,1-3H3,(H,18,19);1-4H,5-6H2. The van der Waals surface area contributed by atoms with Gasteiger partial charge in [0, 0.05) is 63.0 Å².